The van der Waals surface area contributed by atoms with Gasteiger partial charge in [0.05, 0.1) is 11.5 Å². The fraction of sp³-hybridized carbons (Fsp3) is 0.500. The molecule has 0 aromatic heterocycles. The van der Waals surface area contributed by atoms with Crippen molar-refractivity contribution < 1.29 is 35.3 Å². The van der Waals surface area contributed by atoms with Crippen LogP contribution in [-0.4, -0.2) is 33.3 Å². The minimum Gasteiger partial charge on any atom is -0.466 e. The third kappa shape index (κ3) is 6.19. The van der Waals surface area contributed by atoms with E-state index in [1.54, 1.807) is 6.92 Å². The molecule has 130 valence electrons. The Morgan fingerprint density at radius 1 is 1.22 bits per heavy atom. The van der Waals surface area contributed by atoms with Gasteiger partial charge < -0.3 is 4.74 Å². The van der Waals surface area contributed by atoms with E-state index in [1.165, 1.54) is 19.1 Å². The van der Waals surface area contributed by atoms with E-state index in [0.717, 1.165) is 17.7 Å². The van der Waals surface area contributed by atoms with Gasteiger partial charge in [-0.1, -0.05) is 17.7 Å². The van der Waals surface area contributed by atoms with Crippen LogP contribution in [0.15, 0.2) is 29.2 Å². The van der Waals surface area contributed by atoms with Crippen molar-refractivity contribution in [3.8, 4) is 0 Å². The van der Waals surface area contributed by atoms with E-state index in [0.29, 0.717) is 0 Å². The first-order valence-electron chi connectivity index (χ1n) is 6.78. The number of rotatable bonds is 7. The molecule has 5 nitrogen and oxygen atoms in total. The lowest BCUT2D eigenvalue weighted by atomic mass is 10.2. The Hall–Kier alpha value is -1.61. The molecule has 1 atom stereocenters. The molecule has 0 aliphatic heterocycles. The summed E-state index contributed by atoms with van der Waals surface area (Å²) in [5.74, 6) is -0.849. The van der Waals surface area contributed by atoms with E-state index in [4.69, 9.17) is 0 Å². The van der Waals surface area contributed by atoms with E-state index < -0.39 is 41.2 Å². The largest absolute Gasteiger partial charge is 0.466 e. The van der Waals surface area contributed by atoms with Crippen LogP contribution in [0, 0.1) is 6.92 Å². The summed E-state index contributed by atoms with van der Waals surface area (Å²) in [4.78, 5) is 10.8. The van der Waals surface area contributed by atoms with Crippen LogP contribution in [0.1, 0.15) is 25.3 Å². The lowest BCUT2D eigenvalue weighted by Crippen LogP contribution is -2.34. The predicted octanol–water partition coefficient (Wildman–Crippen LogP) is 2.97. The normalized spacial score (nSPS) is 13.6. The molecule has 1 rings (SSSR count). The van der Waals surface area contributed by atoms with Crippen LogP contribution in [0.2, 0.25) is 0 Å². The zero-order valence-corrected chi connectivity index (χ0v) is 13.4. The molecule has 0 saturated heterocycles. The third-order valence-electron chi connectivity index (χ3n) is 2.83. The number of carbonyl (C=O) groups excluding carboxylic acids is 1. The van der Waals surface area contributed by atoms with E-state index in [9.17, 15) is 26.4 Å². The molecule has 23 heavy (non-hydrogen) atoms. The van der Waals surface area contributed by atoms with Gasteiger partial charge in [0.25, 0.3) is 10.1 Å². The maximum atomic E-state index is 12.9. The molecule has 0 spiro atoms. The summed E-state index contributed by atoms with van der Waals surface area (Å²) in [6.07, 6.45) is -8.97. The van der Waals surface area contributed by atoms with Crippen molar-refractivity contribution in [2.75, 3.05) is 6.61 Å². The summed E-state index contributed by atoms with van der Waals surface area (Å²) in [5.41, 5.74) is 0.749. The number of benzene rings is 1. The molecule has 0 fully saturated rings. The van der Waals surface area contributed by atoms with Crippen molar-refractivity contribution in [1.29, 1.82) is 0 Å². The number of ether oxygens (including phenoxy) is 1. The van der Waals surface area contributed by atoms with Gasteiger partial charge in [0.2, 0.25) is 0 Å². The Balaban J connectivity index is 2.88. The molecule has 0 amide bonds. The highest BCUT2D eigenvalue weighted by Gasteiger charge is 2.44. The number of hydrogen-bond donors (Lipinski definition) is 0. The molecule has 0 saturated carbocycles. The summed E-state index contributed by atoms with van der Waals surface area (Å²) >= 11 is 0. The van der Waals surface area contributed by atoms with Gasteiger partial charge >= 0.3 is 12.1 Å². The van der Waals surface area contributed by atoms with Crippen molar-refractivity contribution in [3.05, 3.63) is 29.8 Å². The molecule has 0 aliphatic rings. The first-order chi connectivity index (χ1) is 10.6. The second kappa shape index (κ2) is 7.78. The van der Waals surface area contributed by atoms with Gasteiger partial charge in [0.15, 0.2) is 6.10 Å². The van der Waals surface area contributed by atoms with Crippen molar-refractivity contribution in [2.24, 2.45) is 0 Å². The first-order valence-corrected chi connectivity index (χ1v) is 8.19. The number of aryl methyl sites for hydroxylation is 1. The maximum Gasteiger partial charge on any atom is 0.416 e. The number of alkyl halides is 3. The zero-order chi connectivity index (χ0) is 17.7. The molecule has 1 aromatic rings. The molecule has 1 aromatic carbocycles. The Morgan fingerprint density at radius 3 is 2.26 bits per heavy atom. The predicted molar refractivity (Wildman–Crippen MR) is 75.2 cm³/mol. The van der Waals surface area contributed by atoms with Crippen LogP contribution in [0.5, 0.6) is 0 Å². The molecular weight excluding hydrogens is 337 g/mol. The van der Waals surface area contributed by atoms with Gasteiger partial charge in [-0.05, 0) is 32.4 Å². The van der Waals surface area contributed by atoms with Crippen LogP contribution >= 0.6 is 0 Å². The van der Waals surface area contributed by atoms with Crippen molar-refractivity contribution >= 4 is 16.1 Å². The first kappa shape index (κ1) is 19.4. The fourth-order valence-corrected chi connectivity index (χ4v) is 2.75. The second-order valence-electron chi connectivity index (χ2n) is 4.74. The topological polar surface area (TPSA) is 69.7 Å². The summed E-state index contributed by atoms with van der Waals surface area (Å²) in [5, 5.41) is 0. The highest BCUT2D eigenvalue weighted by molar-refractivity contribution is 7.86. The van der Waals surface area contributed by atoms with Gasteiger partial charge in [0, 0.05) is 6.42 Å². The van der Waals surface area contributed by atoms with Crippen molar-refractivity contribution in [1.82, 2.24) is 0 Å². The number of halogens is 3. The lowest BCUT2D eigenvalue weighted by molar-refractivity contribution is -0.196. The molecule has 9 heteroatoms. The van der Waals surface area contributed by atoms with Crippen LogP contribution in [-0.2, 0) is 23.8 Å². The Bertz CT molecular complexity index is 623. The molecular formula is C14H17F3O5S. The van der Waals surface area contributed by atoms with E-state index >= 15 is 0 Å². The summed E-state index contributed by atoms with van der Waals surface area (Å²) < 4.78 is 71.5. The fourth-order valence-electron chi connectivity index (χ4n) is 1.66. The van der Waals surface area contributed by atoms with Crippen molar-refractivity contribution in [2.45, 2.75) is 43.9 Å². The summed E-state index contributed by atoms with van der Waals surface area (Å²) in [6, 6.07) is 5.20. The molecule has 0 unspecified atom stereocenters. The third-order valence-corrected chi connectivity index (χ3v) is 4.17. The van der Waals surface area contributed by atoms with Gasteiger partial charge in [0.1, 0.15) is 0 Å². The smallest absolute Gasteiger partial charge is 0.416 e. The quantitative estimate of drug-likeness (QED) is 0.556. The Morgan fingerprint density at radius 2 is 1.78 bits per heavy atom. The van der Waals surface area contributed by atoms with E-state index in [2.05, 4.69) is 8.92 Å². The van der Waals surface area contributed by atoms with Crippen LogP contribution in [0.25, 0.3) is 0 Å². The molecule has 0 aliphatic carbocycles. The van der Waals surface area contributed by atoms with Crippen LogP contribution in [0.4, 0.5) is 13.2 Å². The summed E-state index contributed by atoms with van der Waals surface area (Å²) in [6.45, 7) is 3.24. The highest BCUT2D eigenvalue weighted by Crippen LogP contribution is 2.29. The van der Waals surface area contributed by atoms with E-state index in [-0.39, 0.29) is 11.5 Å². The number of carbonyl (C=O) groups is 1. The average Bonchev–Trinajstić information content (AvgIpc) is 2.43. The Kier molecular flexibility index (Phi) is 6.57. The SMILES string of the molecule is CCOC(=O)CC[C@@H](OS(=O)(=O)c1ccc(C)cc1)C(F)(F)F. The van der Waals surface area contributed by atoms with Gasteiger partial charge in [-0.2, -0.15) is 21.6 Å². The summed E-state index contributed by atoms with van der Waals surface area (Å²) in [7, 11) is -4.59. The molecule has 0 heterocycles. The average molecular weight is 354 g/mol. The maximum absolute atomic E-state index is 12.9. The minimum absolute atomic E-state index is 0.0258. The Labute approximate surface area is 132 Å². The van der Waals surface area contributed by atoms with Gasteiger partial charge in [-0.15, -0.1) is 0 Å². The zero-order valence-electron chi connectivity index (χ0n) is 12.6. The monoisotopic (exact) mass is 354 g/mol. The minimum atomic E-state index is -4.93. The molecule has 0 radical (unpaired) electrons. The van der Waals surface area contributed by atoms with E-state index in [1.807, 2.05) is 0 Å². The number of hydrogen-bond acceptors (Lipinski definition) is 5. The van der Waals surface area contributed by atoms with Crippen molar-refractivity contribution in [3.63, 3.8) is 0 Å². The second-order valence-corrected chi connectivity index (χ2v) is 6.31. The molecule has 0 bridgehead atoms. The number of esters is 1. The molecule has 0 N–H and O–H groups in total. The lowest BCUT2D eigenvalue weighted by Gasteiger charge is -2.20. The van der Waals surface area contributed by atoms with Gasteiger partial charge in [-0.3, -0.25) is 8.98 Å². The van der Waals surface area contributed by atoms with Gasteiger partial charge in [-0.25, -0.2) is 0 Å². The van der Waals surface area contributed by atoms with Crippen LogP contribution in [0.3, 0.4) is 0 Å². The highest BCUT2D eigenvalue weighted by atomic mass is 32.2. The van der Waals surface area contributed by atoms with Crippen LogP contribution < -0.4 is 0 Å². The standard InChI is InChI=1S/C14H17F3O5S/c1-3-21-13(18)9-8-12(14(15,16)17)22-23(19,20)11-6-4-10(2)5-7-11/h4-7,12H,3,8-9H2,1-2H3/t12-/m1/s1.